The molecule has 0 saturated carbocycles. The van der Waals surface area contributed by atoms with Gasteiger partial charge in [0.2, 0.25) is 0 Å². The van der Waals surface area contributed by atoms with Crippen molar-refractivity contribution in [1.82, 2.24) is 0 Å². The van der Waals surface area contributed by atoms with Crippen molar-refractivity contribution in [3.8, 4) is 0 Å². The van der Waals surface area contributed by atoms with E-state index in [1.165, 1.54) is 12.8 Å². The Morgan fingerprint density at radius 3 is 2.62 bits per heavy atom. The highest BCUT2D eigenvalue weighted by Gasteiger charge is 2.18. The summed E-state index contributed by atoms with van der Waals surface area (Å²) in [5, 5.41) is 0. The van der Waals surface area contributed by atoms with Crippen LogP contribution in [0.15, 0.2) is 23.8 Å². The quantitative estimate of drug-likeness (QED) is 0.608. The van der Waals surface area contributed by atoms with E-state index >= 15 is 0 Å². The molecule has 0 nitrogen and oxygen atoms in total. The molecular weight excluding hydrogens is 156 g/mol. The van der Waals surface area contributed by atoms with Crippen LogP contribution in [0, 0.1) is 17.8 Å². The van der Waals surface area contributed by atoms with Crippen molar-refractivity contribution in [2.75, 3.05) is 0 Å². The summed E-state index contributed by atoms with van der Waals surface area (Å²) < 4.78 is 0. The first-order valence-electron chi connectivity index (χ1n) is 5.48. The van der Waals surface area contributed by atoms with Crippen LogP contribution in [-0.2, 0) is 0 Å². The predicted octanol–water partition coefficient (Wildman–Crippen LogP) is 4.19. The maximum absolute atomic E-state index is 2.43. The van der Waals surface area contributed by atoms with Crippen molar-refractivity contribution < 1.29 is 0 Å². The van der Waals surface area contributed by atoms with Crippen molar-refractivity contribution >= 4 is 0 Å². The molecule has 0 heterocycles. The highest BCUT2D eigenvalue weighted by Crippen LogP contribution is 2.31. The van der Waals surface area contributed by atoms with Crippen LogP contribution in [0.2, 0.25) is 0 Å². The Kier molecular flexibility index (Phi) is 3.77. The topological polar surface area (TPSA) is 0 Å². The lowest BCUT2D eigenvalue weighted by Gasteiger charge is -2.16. The Balaban J connectivity index is 2.56. The minimum atomic E-state index is 0.786. The minimum absolute atomic E-state index is 0.786. The van der Waals surface area contributed by atoms with E-state index in [1.807, 2.05) is 0 Å². The molecule has 0 amide bonds. The van der Waals surface area contributed by atoms with Gasteiger partial charge in [-0.2, -0.15) is 0 Å². The van der Waals surface area contributed by atoms with Crippen LogP contribution in [-0.4, -0.2) is 0 Å². The van der Waals surface area contributed by atoms with E-state index < -0.39 is 0 Å². The second-order valence-corrected chi connectivity index (χ2v) is 4.82. The van der Waals surface area contributed by atoms with Crippen molar-refractivity contribution in [3.05, 3.63) is 23.8 Å². The van der Waals surface area contributed by atoms with Crippen molar-refractivity contribution in [2.24, 2.45) is 17.8 Å². The van der Waals surface area contributed by atoms with Crippen molar-refractivity contribution in [1.29, 1.82) is 0 Å². The zero-order valence-corrected chi connectivity index (χ0v) is 9.38. The molecule has 13 heavy (non-hydrogen) atoms. The third-order valence-electron chi connectivity index (χ3n) is 2.76. The van der Waals surface area contributed by atoms with Gasteiger partial charge in [0.1, 0.15) is 0 Å². The molecule has 0 spiro atoms. The van der Waals surface area contributed by atoms with E-state index in [9.17, 15) is 0 Å². The molecule has 0 aromatic rings. The lowest BCUT2D eigenvalue weighted by atomic mass is 9.89. The van der Waals surface area contributed by atoms with Crippen LogP contribution in [0.5, 0.6) is 0 Å². The maximum atomic E-state index is 2.43. The van der Waals surface area contributed by atoms with Crippen molar-refractivity contribution in [3.63, 3.8) is 0 Å². The van der Waals surface area contributed by atoms with Crippen LogP contribution in [0.4, 0.5) is 0 Å². The van der Waals surface area contributed by atoms with Gasteiger partial charge in [0.25, 0.3) is 0 Å². The molecule has 1 aliphatic rings. The molecule has 1 aliphatic carbocycles. The summed E-state index contributed by atoms with van der Waals surface area (Å²) >= 11 is 0. The molecule has 0 aromatic carbocycles. The summed E-state index contributed by atoms with van der Waals surface area (Å²) in [5.74, 6) is 2.36. The van der Waals surface area contributed by atoms with E-state index in [1.54, 1.807) is 5.57 Å². The second kappa shape index (κ2) is 4.64. The molecule has 0 aromatic heterocycles. The van der Waals surface area contributed by atoms with Gasteiger partial charge in [-0.15, -0.1) is 0 Å². The fraction of sp³-hybridized carbons (Fsp3) is 0.692. The predicted molar refractivity (Wildman–Crippen MR) is 59.6 cm³/mol. The fourth-order valence-corrected chi connectivity index (χ4v) is 1.86. The molecule has 0 heteroatoms. The Hall–Kier alpha value is -0.520. The first-order valence-corrected chi connectivity index (χ1v) is 5.48. The number of rotatable bonds is 3. The lowest BCUT2D eigenvalue weighted by molar-refractivity contribution is 0.464. The minimum Gasteiger partial charge on any atom is -0.0836 e. The maximum Gasteiger partial charge on any atom is -0.0107 e. The number of hydrogen-bond acceptors (Lipinski definition) is 0. The van der Waals surface area contributed by atoms with Gasteiger partial charge in [-0.3, -0.25) is 0 Å². The Labute approximate surface area is 82.7 Å². The molecule has 1 unspecified atom stereocenters. The van der Waals surface area contributed by atoms with E-state index in [0.29, 0.717) is 0 Å². The highest BCUT2D eigenvalue weighted by atomic mass is 14.2. The molecule has 1 rings (SSSR count). The van der Waals surface area contributed by atoms with Gasteiger partial charge in [0, 0.05) is 0 Å². The van der Waals surface area contributed by atoms with E-state index in [0.717, 1.165) is 17.8 Å². The molecule has 0 bridgehead atoms. The third-order valence-corrected chi connectivity index (χ3v) is 2.76. The summed E-state index contributed by atoms with van der Waals surface area (Å²) in [6.45, 7) is 9.20. The molecule has 0 fully saturated rings. The van der Waals surface area contributed by atoms with Gasteiger partial charge in [-0.05, 0) is 36.2 Å². The van der Waals surface area contributed by atoms with Crippen LogP contribution >= 0.6 is 0 Å². The Morgan fingerprint density at radius 1 is 1.38 bits per heavy atom. The fourth-order valence-electron chi connectivity index (χ4n) is 1.86. The van der Waals surface area contributed by atoms with E-state index in [2.05, 4.69) is 45.9 Å². The standard InChI is InChI=1S/C13H22/c1-10(2)8-9-12-6-5-7-13(12)11(3)4/h5-6,9-11,13H,7-8H2,1-4H3. The molecule has 0 saturated heterocycles. The average Bonchev–Trinajstić information content (AvgIpc) is 2.47. The van der Waals surface area contributed by atoms with E-state index in [4.69, 9.17) is 0 Å². The second-order valence-electron chi connectivity index (χ2n) is 4.82. The van der Waals surface area contributed by atoms with Gasteiger partial charge >= 0.3 is 0 Å². The average molecular weight is 178 g/mol. The molecule has 1 atom stereocenters. The lowest BCUT2D eigenvalue weighted by Crippen LogP contribution is -2.06. The smallest absolute Gasteiger partial charge is 0.0107 e. The summed E-state index contributed by atoms with van der Waals surface area (Å²) in [7, 11) is 0. The van der Waals surface area contributed by atoms with Crippen LogP contribution in [0.3, 0.4) is 0 Å². The zero-order chi connectivity index (χ0) is 9.84. The molecule has 0 N–H and O–H groups in total. The van der Waals surface area contributed by atoms with Crippen molar-refractivity contribution in [2.45, 2.75) is 40.5 Å². The highest BCUT2D eigenvalue weighted by molar-refractivity contribution is 5.28. The van der Waals surface area contributed by atoms with Gasteiger partial charge in [0.15, 0.2) is 0 Å². The zero-order valence-electron chi connectivity index (χ0n) is 9.38. The van der Waals surface area contributed by atoms with Crippen LogP contribution < -0.4 is 0 Å². The molecule has 0 radical (unpaired) electrons. The van der Waals surface area contributed by atoms with Gasteiger partial charge < -0.3 is 0 Å². The third kappa shape index (κ3) is 3.02. The molecule has 74 valence electrons. The molecule has 0 aliphatic heterocycles. The largest absolute Gasteiger partial charge is 0.0836 e. The summed E-state index contributed by atoms with van der Waals surface area (Å²) in [6, 6.07) is 0. The Morgan fingerprint density at radius 2 is 2.08 bits per heavy atom. The van der Waals surface area contributed by atoms with Gasteiger partial charge in [-0.25, -0.2) is 0 Å². The van der Waals surface area contributed by atoms with Gasteiger partial charge in [0.05, 0.1) is 0 Å². The van der Waals surface area contributed by atoms with E-state index in [-0.39, 0.29) is 0 Å². The molecular formula is C13H22. The summed E-state index contributed by atoms with van der Waals surface area (Å²) in [5.41, 5.74) is 1.57. The SMILES string of the molecule is CC(C)CC=C1C=CCC1C(C)C. The normalized spacial score (nSPS) is 25.4. The Bertz CT molecular complexity index is 206. The number of hydrogen-bond donors (Lipinski definition) is 0. The van der Waals surface area contributed by atoms with Crippen LogP contribution in [0.1, 0.15) is 40.5 Å². The summed E-state index contributed by atoms with van der Waals surface area (Å²) in [4.78, 5) is 0. The summed E-state index contributed by atoms with van der Waals surface area (Å²) in [6.07, 6.45) is 9.53. The first-order chi connectivity index (χ1) is 6.11. The number of allylic oxidation sites excluding steroid dienone is 4. The van der Waals surface area contributed by atoms with Crippen LogP contribution in [0.25, 0.3) is 0 Å². The van der Waals surface area contributed by atoms with Gasteiger partial charge in [-0.1, -0.05) is 45.9 Å². The monoisotopic (exact) mass is 178 g/mol. The first kappa shape index (κ1) is 10.6.